The first-order valence-corrected chi connectivity index (χ1v) is 5.43. The number of para-hydroxylation sites is 1. The summed E-state index contributed by atoms with van der Waals surface area (Å²) in [4.78, 5) is 0. The summed E-state index contributed by atoms with van der Waals surface area (Å²) in [5.74, 6) is 0. The Labute approximate surface area is 93.7 Å². The van der Waals surface area contributed by atoms with E-state index in [4.69, 9.17) is 10.2 Å². The predicted molar refractivity (Wildman–Crippen MR) is 66.3 cm³/mol. The third-order valence-corrected chi connectivity index (χ3v) is 2.93. The normalized spacial score (nSPS) is 13.4. The fourth-order valence-corrected chi connectivity index (χ4v) is 2.18. The zero-order valence-electron chi connectivity index (χ0n) is 9.10. The molecule has 1 heterocycles. The second-order valence-electron chi connectivity index (χ2n) is 4.11. The first kappa shape index (κ1) is 9.43. The molecular weight excluding hydrogens is 198 g/mol. The van der Waals surface area contributed by atoms with Crippen LogP contribution in [0.15, 0.2) is 46.9 Å². The number of furan rings is 1. The quantitative estimate of drug-likeness (QED) is 0.667. The van der Waals surface area contributed by atoms with Gasteiger partial charge in [0.2, 0.25) is 0 Å². The molecule has 2 N–H and O–H groups in total. The average Bonchev–Trinajstić information content (AvgIpc) is 2.66. The highest BCUT2D eigenvalue weighted by atomic mass is 16.3. The van der Waals surface area contributed by atoms with E-state index in [2.05, 4.69) is 12.1 Å². The number of benzene rings is 2. The summed E-state index contributed by atoms with van der Waals surface area (Å²) in [5, 5.41) is 2.29. The van der Waals surface area contributed by atoms with Crippen LogP contribution in [-0.2, 0) is 0 Å². The van der Waals surface area contributed by atoms with Crippen molar-refractivity contribution in [2.24, 2.45) is 5.73 Å². The van der Waals surface area contributed by atoms with Gasteiger partial charge in [0, 0.05) is 16.8 Å². The van der Waals surface area contributed by atoms with Gasteiger partial charge in [-0.15, -0.1) is 0 Å². The summed E-state index contributed by atoms with van der Waals surface area (Å²) in [5.41, 5.74) is 8.96. The molecule has 0 saturated carbocycles. The highest BCUT2D eigenvalue weighted by molar-refractivity contribution is 6.06. The maximum Gasteiger partial charge on any atom is 0.135 e. The Morgan fingerprint density at radius 2 is 1.75 bits per heavy atom. The number of hydrogen-bond donors (Lipinski definition) is 1. The zero-order chi connectivity index (χ0) is 11.1. The molecule has 3 aromatic rings. The minimum absolute atomic E-state index is 0.0182. The van der Waals surface area contributed by atoms with Crippen molar-refractivity contribution in [3.05, 3.63) is 48.0 Å². The fourth-order valence-electron chi connectivity index (χ4n) is 2.18. The molecule has 2 nitrogen and oxygen atoms in total. The number of hydrogen-bond acceptors (Lipinski definition) is 2. The van der Waals surface area contributed by atoms with Crippen molar-refractivity contribution >= 4 is 21.9 Å². The second-order valence-corrected chi connectivity index (χ2v) is 4.11. The van der Waals surface area contributed by atoms with E-state index in [0.717, 1.165) is 27.5 Å². The molecule has 1 unspecified atom stereocenters. The van der Waals surface area contributed by atoms with Crippen LogP contribution in [0.3, 0.4) is 0 Å². The van der Waals surface area contributed by atoms with Crippen molar-refractivity contribution in [3.63, 3.8) is 0 Å². The van der Waals surface area contributed by atoms with Crippen LogP contribution in [0.4, 0.5) is 0 Å². The molecule has 0 aliphatic carbocycles. The molecule has 1 atom stereocenters. The van der Waals surface area contributed by atoms with Crippen molar-refractivity contribution < 1.29 is 4.42 Å². The minimum Gasteiger partial charge on any atom is -0.456 e. The Morgan fingerprint density at radius 1 is 1.00 bits per heavy atom. The van der Waals surface area contributed by atoms with Crippen molar-refractivity contribution in [3.8, 4) is 0 Å². The van der Waals surface area contributed by atoms with Crippen molar-refractivity contribution in [1.29, 1.82) is 0 Å². The molecule has 3 rings (SSSR count). The van der Waals surface area contributed by atoms with Gasteiger partial charge in [0.05, 0.1) is 0 Å². The van der Waals surface area contributed by atoms with Crippen LogP contribution < -0.4 is 5.73 Å². The standard InChI is InChI=1S/C14H13NO/c1-9(15)10-6-4-8-13-14(10)11-5-2-3-7-12(11)16-13/h2-9H,15H2,1H3. The SMILES string of the molecule is CC(N)c1cccc2oc3ccccc3c12. The fraction of sp³-hybridized carbons (Fsp3) is 0.143. The van der Waals surface area contributed by atoms with E-state index in [9.17, 15) is 0 Å². The summed E-state index contributed by atoms with van der Waals surface area (Å²) in [6.45, 7) is 2.00. The number of fused-ring (bicyclic) bond motifs is 3. The topological polar surface area (TPSA) is 39.2 Å². The van der Waals surface area contributed by atoms with Gasteiger partial charge in [-0.05, 0) is 24.6 Å². The van der Waals surface area contributed by atoms with Gasteiger partial charge < -0.3 is 10.2 Å². The van der Waals surface area contributed by atoms with Gasteiger partial charge in [0.15, 0.2) is 0 Å². The maximum absolute atomic E-state index is 5.99. The van der Waals surface area contributed by atoms with E-state index in [-0.39, 0.29) is 6.04 Å². The first-order valence-electron chi connectivity index (χ1n) is 5.43. The molecule has 0 radical (unpaired) electrons. The Kier molecular flexibility index (Phi) is 1.98. The maximum atomic E-state index is 5.99. The minimum atomic E-state index is 0.0182. The van der Waals surface area contributed by atoms with Gasteiger partial charge >= 0.3 is 0 Å². The lowest BCUT2D eigenvalue weighted by Crippen LogP contribution is -2.04. The van der Waals surface area contributed by atoms with Crippen LogP contribution in [0.2, 0.25) is 0 Å². The third-order valence-electron chi connectivity index (χ3n) is 2.93. The zero-order valence-corrected chi connectivity index (χ0v) is 9.10. The molecule has 0 aliphatic heterocycles. The van der Waals surface area contributed by atoms with Gasteiger partial charge in [-0.1, -0.05) is 30.3 Å². The lowest BCUT2D eigenvalue weighted by Gasteiger charge is -2.06. The molecule has 0 saturated heterocycles. The third kappa shape index (κ3) is 1.24. The molecule has 0 fully saturated rings. The second kappa shape index (κ2) is 3.35. The summed E-state index contributed by atoms with van der Waals surface area (Å²) in [7, 11) is 0. The lowest BCUT2D eigenvalue weighted by molar-refractivity contribution is 0.668. The highest BCUT2D eigenvalue weighted by Crippen LogP contribution is 2.32. The summed E-state index contributed by atoms with van der Waals surface area (Å²) in [6, 6.07) is 14.1. The van der Waals surface area contributed by atoms with Crippen LogP contribution in [0, 0.1) is 0 Å². The number of rotatable bonds is 1. The van der Waals surface area contributed by atoms with E-state index in [1.165, 1.54) is 0 Å². The summed E-state index contributed by atoms with van der Waals surface area (Å²) >= 11 is 0. The smallest absolute Gasteiger partial charge is 0.135 e. The van der Waals surface area contributed by atoms with Crippen molar-refractivity contribution in [2.75, 3.05) is 0 Å². The monoisotopic (exact) mass is 211 g/mol. The molecular formula is C14H13NO. The van der Waals surface area contributed by atoms with E-state index < -0.39 is 0 Å². The molecule has 2 heteroatoms. The lowest BCUT2D eigenvalue weighted by atomic mass is 10.0. The van der Waals surface area contributed by atoms with Gasteiger partial charge in [-0.3, -0.25) is 0 Å². The summed E-state index contributed by atoms with van der Waals surface area (Å²) < 4.78 is 5.79. The van der Waals surface area contributed by atoms with E-state index in [1.54, 1.807) is 0 Å². The van der Waals surface area contributed by atoms with E-state index in [0.29, 0.717) is 0 Å². The van der Waals surface area contributed by atoms with Crippen LogP contribution >= 0.6 is 0 Å². The van der Waals surface area contributed by atoms with Gasteiger partial charge in [0.1, 0.15) is 11.2 Å². The molecule has 0 spiro atoms. The predicted octanol–water partition coefficient (Wildman–Crippen LogP) is 3.61. The van der Waals surface area contributed by atoms with Gasteiger partial charge in [0.25, 0.3) is 0 Å². The summed E-state index contributed by atoms with van der Waals surface area (Å²) in [6.07, 6.45) is 0. The largest absolute Gasteiger partial charge is 0.456 e. The molecule has 80 valence electrons. The Hall–Kier alpha value is -1.80. The van der Waals surface area contributed by atoms with Crippen LogP contribution in [0.1, 0.15) is 18.5 Å². The Bertz CT molecular complexity index is 652. The molecule has 0 amide bonds. The van der Waals surface area contributed by atoms with Crippen LogP contribution in [0.5, 0.6) is 0 Å². The molecule has 0 bridgehead atoms. The molecule has 1 aromatic heterocycles. The molecule has 16 heavy (non-hydrogen) atoms. The van der Waals surface area contributed by atoms with E-state index in [1.807, 2.05) is 37.3 Å². The molecule has 2 aromatic carbocycles. The van der Waals surface area contributed by atoms with Gasteiger partial charge in [-0.25, -0.2) is 0 Å². The highest BCUT2D eigenvalue weighted by Gasteiger charge is 2.12. The van der Waals surface area contributed by atoms with Crippen LogP contribution in [0.25, 0.3) is 21.9 Å². The van der Waals surface area contributed by atoms with Crippen molar-refractivity contribution in [2.45, 2.75) is 13.0 Å². The average molecular weight is 211 g/mol. The Morgan fingerprint density at radius 3 is 2.56 bits per heavy atom. The van der Waals surface area contributed by atoms with Crippen molar-refractivity contribution in [1.82, 2.24) is 0 Å². The molecule has 0 aliphatic rings. The Balaban J connectivity index is 2.53. The van der Waals surface area contributed by atoms with Gasteiger partial charge in [-0.2, -0.15) is 0 Å². The van der Waals surface area contributed by atoms with Crippen LogP contribution in [-0.4, -0.2) is 0 Å². The van der Waals surface area contributed by atoms with E-state index >= 15 is 0 Å². The first-order chi connectivity index (χ1) is 7.77. The number of nitrogens with two attached hydrogens (primary N) is 1.